The van der Waals surface area contributed by atoms with Gasteiger partial charge in [-0.25, -0.2) is 0 Å². The molecule has 0 aromatic heterocycles. The zero-order chi connectivity index (χ0) is 10.4. The standard InChI is InChI=1S/C11H22N2S/c1-3-9(2)8-10(13-12)11-6-4-5-7-14-11/h10-11,13H,2-8,12H2,1H3. The fourth-order valence-electron chi connectivity index (χ4n) is 1.84. The molecule has 2 atom stereocenters. The highest BCUT2D eigenvalue weighted by molar-refractivity contribution is 8.00. The van der Waals surface area contributed by atoms with Crippen molar-refractivity contribution in [3.63, 3.8) is 0 Å². The predicted octanol–water partition coefficient (Wildman–Crippen LogP) is 2.46. The van der Waals surface area contributed by atoms with Crippen molar-refractivity contribution in [3.05, 3.63) is 12.2 Å². The van der Waals surface area contributed by atoms with Crippen molar-refractivity contribution in [3.8, 4) is 0 Å². The average molecular weight is 214 g/mol. The molecule has 3 N–H and O–H groups in total. The van der Waals surface area contributed by atoms with Crippen LogP contribution in [0.3, 0.4) is 0 Å². The van der Waals surface area contributed by atoms with Gasteiger partial charge in [-0.1, -0.05) is 25.5 Å². The second-order valence-corrected chi connectivity index (χ2v) is 5.33. The minimum absolute atomic E-state index is 0.424. The Labute approximate surface area is 91.7 Å². The van der Waals surface area contributed by atoms with E-state index in [2.05, 4.69) is 30.7 Å². The first kappa shape index (κ1) is 12.1. The van der Waals surface area contributed by atoms with E-state index in [1.165, 1.54) is 30.6 Å². The van der Waals surface area contributed by atoms with Crippen LogP contribution in [0.4, 0.5) is 0 Å². The van der Waals surface area contributed by atoms with Gasteiger partial charge in [-0.2, -0.15) is 11.8 Å². The number of nitrogens with one attached hydrogen (secondary N) is 1. The molecular formula is C11H22N2S. The lowest BCUT2D eigenvalue weighted by molar-refractivity contribution is 0.468. The number of rotatable bonds is 5. The number of hydrazine groups is 1. The highest BCUT2D eigenvalue weighted by atomic mass is 32.2. The third kappa shape index (κ3) is 3.64. The van der Waals surface area contributed by atoms with Crippen molar-refractivity contribution in [2.75, 3.05) is 5.75 Å². The van der Waals surface area contributed by atoms with Crippen molar-refractivity contribution in [2.24, 2.45) is 5.84 Å². The zero-order valence-corrected chi connectivity index (χ0v) is 9.91. The lowest BCUT2D eigenvalue weighted by Crippen LogP contribution is -2.43. The number of thioether (sulfide) groups is 1. The van der Waals surface area contributed by atoms with Gasteiger partial charge in [-0.05, 0) is 31.4 Å². The highest BCUT2D eigenvalue weighted by Gasteiger charge is 2.23. The maximum absolute atomic E-state index is 5.60. The number of hydrogen-bond acceptors (Lipinski definition) is 3. The fourth-order valence-corrected chi connectivity index (χ4v) is 3.25. The second kappa shape index (κ2) is 6.49. The Morgan fingerprint density at radius 3 is 2.93 bits per heavy atom. The van der Waals surface area contributed by atoms with Gasteiger partial charge in [0.05, 0.1) is 0 Å². The van der Waals surface area contributed by atoms with Crippen molar-refractivity contribution < 1.29 is 0 Å². The normalized spacial score (nSPS) is 24.6. The van der Waals surface area contributed by atoms with Gasteiger partial charge in [0.25, 0.3) is 0 Å². The second-order valence-electron chi connectivity index (χ2n) is 3.99. The summed E-state index contributed by atoms with van der Waals surface area (Å²) in [6.45, 7) is 6.21. The van der Waals surface area contributed by atoms with Crippen LogP contribution in [-0.4, -0.2) is 17.0 Å². The summed E-state index contributed by atoms with van der Waals surface area (Å²) in [4.78, 5) is 0. The molecule has 82 valence electrons. The van der Waals surface area contributed by atoms with Crippen LogP contribution in [0, 0.1) is 0 Å². The van der Waals surface area contributed by atoms with E-state index in [1.807, 2.05) is 0 Å². The quantitative estimate of drug-likeness (QED) is 0.419. The highest BCUT2D eigenvalue weighted by Crippen LogP contribution is 2.29. The maximum atomic E-state index is 5.60. The summed E-state index contributed by atoms with van der Waals surface area (Å²) in [7, 11) is 0. The van der Waals surface area contributed by atoms with Gasteiger partial charge >= 0.3 is 0 Å². The Morgan fingerprint density at radius 2 is 2.43 bits per heavy atom. The van der Waals surface area contributed by atoms with Crippen molar-refractivity contribution in [2.45, 2.75) is 50.3 Å². The molecule has 0 aromatic carbocycles. The van der Waals surface area contributed by atoms with Crippen LogP contribution in [-0.2, 0) is 0 Å². The van der Waals surface area contributed by atoms with Gasteiger partial charge in [-0.15, -0.1) is 0 Å². The molecule has 0 amide bonds. The number of nitrogens with two attached hydrogens (primary N) is 1. The van der Waals surface area contributed by atoms with Gasteiger partial charge in [0.1, 0.15) is 0 Å². The molecule has 1 aliphatic rings. The van der Waals surface area contributed by atoms with Crippen LogP contribution in [0.5, 0.6) is 0 Å². The molecule has 0 spiro atoms. The molecule has 0 aromatic rings. The Morgan fingerprint density at radius 1 is 1.64 bits per heavy atom. The minimum atomic E-state index is 0.424. The molecule has 1 rings (SSSR count). The fraction of sp³-hybridized carbons (Fsp3) is 0.818. The summed E-state index contributed by atoms with van der Waals surface area (Å²) in [5, 5.41) is 0.692. The van der Waals surface area contributed by atoms with Crippen LogP contribution in [0.2, 0.25) is 0 Å². The van der Waals surface area contributed by atoms with E-state index in [0.29, 0.717) is 11.3 Å². The summed E-state index contributed by atoms with van der Waals surface area (Å²) in [6, 6.07) is 0.424. The molecule has 1 saturated heterocycles. The molecule has 3 heteroatoms. The van der Waals surface area contributed by atoms with Gasteiger partial charge in [0.15, 0.2) is 0 Å². The Kier molecular flexibility index (Phi) is 5.60. The molecule has 14 heavy (non-hydrogen) atoms. The lowest BCUT2D eigenvalue weighted by atomic mass is 10.00. The Bertz CT molecular complexity index is 176. The van der Waals surface area contributed by atoms with Crippen molar-refractivity contribution in [1.82, 2.24) is 5.43 Å². The Balaban J connectivity index is 2.39. The van der Waals surface area contributed by atoms with E-state index in [1.54, 1.807) is 0 Å². The number of hydrogen-bond donors (Lipinski definition) is 2. The van der Waals surface area contributed by atoms with Crippen LogP contribution in [0.25, 0.3) is 0 Å². The van der Waals surface area contributed by atoms with Gasteiger partial charge < -0.3 is 0 Å². The lowest BCUT2D eigenvalue weighted by Gasteiger charge is -2.29. The largest absolute Gasteiger partial charge is 0.271 e. The monoisotopic (exact) mass is 214 g/mol. The average Bonchev–Trinajstić information content (AvgIpc) is 2.26. The third-order valence-corrected chi connectivity index (χ3v) is 4.40. The summed E-state index contributed by atoms with van der Waals surface area (Å²) in [5.74, 6) is 6.90. The van der Waals surface area contributed by atoms with E-state index in [0.717, 1.165) is 12.8 Å². The van der Waals surface area contributed by atoms with Crippen molar-refractivity contribution >= 4 is 11.8 Å². The first-order valence-corrected chi connectivity index (χ1v) is 6.57. The molecule has 0 bridgehead atoms. The minimum Gasteiger partial charge on any atom is -0.271 e. The predicted molar refractivity (Wildman–Crippen MR) is 65.3 cm³/mol. The summed E-state index contributed by atoms with van der Waals surface area (Å²) in [6.07, 6.45) is 6.12. The molecule has 0 radical (unpaired) electrons. The van der Waals surface area contributed by atoms with Crippen LogP contribution < -0.4 is 11.3 Å². The van der Waals surface area contributed by atoms with Crippen LogP contribution >= 0.6 is 11.8 Å². The van der Waals surface area contributed by atoms with Crippen LogP contribution in [0.1, 0.15) is 39.0 Å². The van der Waals surface area contributed by atoms with Crippen LogP contribution in [0.15, 0.2) is 12.2 Å². The van der Waals surface area contributed by atoms with Gasteiger partial charge in [0.2, 0.25) is 0 Å². The molecule has 0 saturated carbocycles. The Hall–Kier alpha value is 0.0100. The molecule has 1 fully saturated rings. The van der Waals surface area contributed by atoms with E-state index < -0.39 is 0 Å². The van der Waals surface area contributed by atoms with Crippen molar-refractivity contribution in [1.29, 1.82) is 0 Å². The van der Waals surface area contributed by atoms with E-state index >= 15 is 0 Å². The topological polar surface area (TPSA) is 38.0 Å². The summed E-state index contributed by atoms with van der Waals surface area (Å²) < 4.78 is 0. The molecular weight excluding hydrogens is 192 g/mol. The molecule has 2 nitrogen and oxygen atoms in total. The first-order valence-electron chi connectivity index (χ1n) is 5.52. The summed E-state index contributed by atoms with van der Waals surface area (Å²) in [5.41, 5.74) is 4.26. The van der Waals surface area contributed by atoms with E-state index in [9.17, 15) is 0 Å². The summed E-state index contributed by atoms with van der Waals surface area (Å²) >= 11 is 2.06. The first-order chi connectivity index (χ1) is 6.77. The van der Waals surface area contributed by atoms with Gasteiger partial charge in [-0.3, -0.25) is 11.3 Å². The van der Waals surface area contributed by atoms with E-state index in [4.69, 9.17) is 5.84 Å². The third-order valence-electron chi connectivity index (χ3n) is 2.89. The molecule has 0 aliphatic carbocycles. The molecule has 1 heterocycles. The smallest absolute Gasteiger partial charge is 0.0366 e. The van der Waals surface area contributed by atoms with Gasteiger partial charge in [0, 0.05) is 11.3 Å². The maximum Gasteiger partial charge on any atom is 0.0366 e. The molecule has 1 aliphatic heterocycles. The molecule has 2 unspecified atom stereocenters. The zero-order valence-electron chi connectivity index (χ0n) is 9.09. The SMILES string of the molecule is C=C(CC)CC(NN)C1CCCCS1. The van der Waals surface area contributed by atoms with E-state index in [-0.39, 0.29) is 0 Å².